The lowest BCUT2D eigenvalue weighted by Crippen LogP contribution is -2.49. The second-order valence-corrected chi connectivity index (χ2v) is 9.89. The van der Waals surface area contributed by atoms with Gasteiger partial charge in [0.25, 0.3) is 0 Å². The Balaban J connectivity index is 1.48. The number of anilines is 1. The molecule has 0 aliphatic carbocycles. The minimum Gasteiger partial charge on any atom is -0.348 e. The number of carbonyl (C=O) groups excluding carboxylic acids is 2. The Morgan fingerprint density at radius 2 is 1.61 bits per heavy atom. The SMILES string of the molecule is C[C@H](NC(=O)[C@H](C)N1CCC(C(=O)Nc2ccc(S(N)(=O)=O)cc2)CC1)c1ccc(F)cc1. The van der Waals surface area contributed by atoms with Crippen LogP contribution in [0.2, 0.25) is 0 Å². The Morgan fingerprint density at radius 3 is 2.15 bits per heavy atom. The number of rotatable bonds is 7. The summed E-state index contributed by atoms with van der Waals surface area (Å²) in [6.45, 7) is 4.88. The highest BCUT2D eigenvalue weighted by Gasteiger charge is 2.30. The van der Waals surface area contributed by atoms with Gasteiger partial charge in [-0.1, -0.05) is 12.1 Å². The predicted molar refractivity (Wildman–Crippen MR) is 123 cm³/mol. The van der Waals surface area contributed by atoms with E-state index >= 15 is 0 Å². The number of primary sulfonamides is 1. The molecule has 0 bridgehead atoms. The average Bonchev–Trinajstić information content (AvgIpc) is 2.78. The lowest BCUT2D eigenvalue weighted by molar-refractivity contribution is -0.127. The third-order valence-corrected chi connectivity index (χ3v) is 6.94. The van der Waals surface area contributed by atoms with E-state index in [1.165, 1.54) is 36.4 Å². The van der Waals surface area contributed by atoms with Crippen LogP contribution >= 0.6 is 0 Å². The van der Waals surface area contributed by atoms with Crippen molar-refractivity contribution in [3.63, 3.8) is 0 Å². The number of carbonyl (C=O) groups is 2. The molecular weight excluding hydrogens is 447 g/mol. The van der Waals surface area contributed by atoms with Crippen molar-refractivity contribution >= 4 is 27.5 Å². The van der Waals surface area contributed by atoms with Gasteiger partial charge in [-0.3, -0.25) is 14.5 Å². The van der Waals surface area contributed by atoms with Crippen LogP contribution in [0.3, 0.4) is 0 Å². The summed E-state index contributed by atoms with van der Waals surface area (Å²) < 4.78 is 35.8. The largest absolute Gasteiger partial charge is 0.348 e. The third-order valence-electron chi connectivity index (χ3n) is 6.01. The van der Waals surface area contributed by atoms with Crippen molar-refractivity contribution in [3.05, 3.63) is 59.9 Å². The number of nitrogens with one attached hydrogen (secondary N) is 2. The molecule has 1 aliphatic rings. The number of hydrogen-bond acceptors (Lipinski definition) is 5. The average molecular weight is 477 g/mol. The van der Waals surface area contributed by atoms with Crippen LogP contribution in [0.25, 0.3) is 0 Å². The summed E-state index contributed by atoms with van der Waals surface area (Å²) in [5.41, 5.74) is 1.32. The first-order valence-electron chi connectivity index (χ1n) is 10.8. The Bertz CT molecular complexity index is 1080. The molecule has 4 N–H and O–H groups in total. The number of nitrogens with zero attached hydrogens (tertiary/aromatic N) is 1. The molecule has 1 fully saturated rings. The van der Waals surface area contributed by atoms with Crippen LogP contribution < -0.4 is 15.8 Å². The topological polar surface area (TPSA) is 122 Å². The van der Waals surface area contributed by atoms with Crippen molar-refractivity contribution in [2.45, 2.75) is 43.7 Å². The fourth-order valence-electron chi connectivity index (χ4n) is 3.86. The first-order valence-corrected chi connectivity index (χ1v) is 12.3. The fourth-order valence-corrected chi connectivity index (χ4v) is 4.37. The lowest BCUT2D eigenvalue weighted by atomic mass is 9.94. The van der Waals surface area contributed by atoms with Crippen molar-refractivity contribution in [3.8, 4) is 0 Å². The minimum atomic E-state index is -3.78. The summed E-state index contributed by atoms with van der Waals surface area (Å²) in [5.74, 6) is -0.782. The molecule has 2 aromatic carbocycles. The van der Waals surface area contributed by atoms with Gasteiger partial charge in [-0.2, -0.15) is 0 Å². The van der Waals surface area contributed by atoms with Crippen LogP contribution in [0.15, 0.2) is 53.4 Å². The summed E-state index contributed by atoms with van der Waals surface area (Å²) in [6, 6.07) is 11.1. The maximum Gasteiger partial charge on any atom is 0.238 e. The Kier molecular flexibility index (Phi) is 7.83. The summed E-state index contributed by atoms with van der Waals surface area (Å²) in [7, 11) is -3.78. The zero-order chi connectivity index (χ0) is 24.2. The standard InChI is InChI=1S/C23H29FN4O4S/c1-15(17-3-5-19(24)6-4-17)26-22(29)16(2)28-13-11-18(12-14-28)23(30)27-20-7-9-21(10-8-20)33(25,31)32/h3-10,15-16,18H,11-14H2,1-2H3,(H,26,29)(H,27,30)(H2,25,31,32)/t15-,16-/m0/s1. The zero-order valence-electron chi connectivity index (χ0n) is 18.6. The number of hydrogen-bond donors (Lipinski definition) is 3. The number of likely N-dealkylation sites (tertiary alicyclic amines) is 1. The molecule has 3 rings (SSSR count). The van der Waals surface area contributed by atoms with Crippen molar-refractivity contribution in [1.29, 1.82) is 0 Å². The Hall–Kier alpha value is -2.82. The van der Waals surface area contributed by atoms with E-state index in [0.29, 0.717) is 31.6 Å². The normalized spacial score (nSPS) is 17.2. The van der Waals surface area contributed by atoms with Crippen LogP contribution in [0.5, 0.6) is 0 Å². The highest BCUT2D eigenvalue weighted by Crippen LogP contribution is 2.22. The molecule has 10 heteroatoms. The molecule has 2 aromatic rings. The van der Waals surface area contributed by atoms with Crippen molar-refractivity contribution < 1.29 is 22.4 Å². The molecule has 0 unspecified atom stereocenters. The first kappa shape index (κ1) is 24.8. The Labute approximate surface area is 193 Å². The van der Waals surface area contributed by atoms with Gasteiger partial charge in [0, 0.05) is 11.6 Å². The molecule has 2 atom stereocenters. The minimum absolute atomic E-state index is 0.0187. The van der Waals surface area contributed by atoms with E-state index in [2.05, 4.69) is 10.6 Å². The van der Waals surface area contributed by atoms with Crippen LogP contribution in [0, 0.1) is 11.7 Å². The molecule has 33 heavy (non-hydrogen) atoms. The highest BCUT2D eigenvalue weighted by atomic mass is 32.2. The molecular formula is C23H29FN4O4S. The monoisotopic (exact) mass is 476 g/mol. The molecule has 1 heterocycles. The molecule has 0 radical (unpaired) electrons. The second-order valence-electron chi connectivity index (χ2n) is 8.33. The van der Waals surface area contributed by atoms with E-state index in [1.807, 2.05) is 18.7 Å². The van der Waals surface area contributed by atoms with Gasteiger partial charge in [0.05, 0.1) is 17.0 Å². The highest BCUT2D eigenvalue weighted by molar-refractivity contribution is 7.89. The van der Waals surface area contributed by atoms with Gasteiger partial charge in [0.2, 0.25) is 21.8 Å². The summed E-state index contributed by atoms with van der Waals surface area (Å²) >= 11 is 0. The van der Waals surface area contributed by atoms with E-state index < -0.39 is 10.0 Å². The summed E-state index contributed by atoms with van der Waals surface area (Å²) in [6.07, 6.45) is 1.21. The maximum absolute atomic E-state index is 13.1. The van der Waals surface area contributed by atoms with E-state index in [0.717, 1.165) is 5.56 Å². The van der Waals surface area contributed by atoms with Gasteiger partial charge in [0.15, 0.2) is 0 Å². The van der Waals surface area contributed by atoms with E-state index in [4.69, 9.17) is 5.14 Å². The number of benzene rings is 2. The van der Waals surface area contributed by atoms with Crippen molar-refractivity contribution in [2.24, 2.45) is 11.1 Å². The third kappa shape index (κ3) is 6.59. The number of sulfonamides is 1. The quantitative estimate of drug-likeness (QED) is 0.567. The smallest absolute Gasteiger partial charge is 0.238 e. The van der Waals surface area contributed by atoms with Gasteiger partial charge < -0.3 is 10.6 Å². The number of amides is 2. The van der Waals surface area contributed by atoms with Gasteiger partial charge in [-0.15, -0.1) is 0 Å². The predicted octanol–water partition coefficient (Wildman–Crippen LogP) is 2.39. The van der Waals surface area contributed by atoms with Crippen LogP contribution in [-0.4, -0.2) is 44.3 Å². The van der Waals surface area contributed by atoms with E-state index in [9.17, 15) is 22.4 Å². The van der Waals surface area contributed by atoms with Crippen molar-refractivity contribution in [2.75, 3.05) is 18.4 Å². The lowest BCUT2D eigenvalue weighted by Gasteiger charge is -2.35. The molecule has 0 saturated carbocycles. The molecule has 8 nitrogen and oxygen atoms in total. The van der Waals surface area contributed by atoms with E-state index in [1.54, 1.807) is 12.1 Å². The zero-order valence-corrected chi connectivity index (χ0v) is 19.4. The van der Waals surface area contributed by atoms with Crippen LogP contribution in [-0.2, 0) is 19.6 Å². The maximum atomic E-state index is 13.1. The summed E-state index contributed by atoms with van der Waals surface area (Å²) in [5, 5.41) is 10.8. The molecule has 0 aromatic heterocycles. The molecule has 0 spiro atoms. The first-order chi connectivity index (χ1) is 15.5. The fraction of sp³-hybridized carbons (Fsp3) is 0.391. The van der Waals surface area contributed by atoms with Gasteiger partial charge in [0.1, 0.15) is 5.82 Å². The van der Waals surface area contributed by atoms with E-state index in [-0.39, 0.29) is 40.5 Å². The molecule has 2 amide bonds. The van der Waals surface area contributed by atoms with Crippen molar-refractivity contribution in [1.82, 2.24) is 10.2 Å². The number of halogens is 1. The number of nitrogens with two attached hydrogens (primary N) is 1. The van der Waals surface area contributed by atoms with Gasteiger partial charge in [-0.05, 0) is 81.7 Å². The number of piperidine rings is 1. The van der Waals surface area contributed by atoms with Crippen LogP contribution in [0.4, 0.5) is 10.1 Å². The molecule has 1 aliphatic heterocycles. The van der Waals surface area contributed by atoms with Crippen LogP contribution in [0.1, 0.15) is 38.3 Å². The van der Waals surface area contributed by atoms with Gasteiger partial charge >= 0.3 is 0 Å². The molecule has 178 valence electrons. The summed E-state index contributed by atoms with van der Waals surface area (Å²) in [4.78, 5) is 27.3. The Morgan fingerprint density at radius 1 is 1.03 bits per heavy atom. The van der Waals surface area contributed by atoms with Gasteiger partial charge in [-0.25, -0.2) is 17.9 Å². The molecule has 1 saturated heterocycles. The second kappa shape index (κ2) is 10.4.